The van der Waals surface area contributed by atoms with Crippen molar-refractivity contribution in [3.05, 3.63) is 76.5 Å². The van der Waals surface area contributed by atoms with E-state index in [9.17, 15) is 76.0 Å². The van der Waals surface area contributed by atoms with Crippen LogP contribution in [0.1, 0.15) is 12.5 Å². The van der Waals surface area contributed by atoms with Gasteiger partial charge >= 0.3 is 5.97 Å². The fourth-order valence-corrected chi connectivity index (χ4v) is 7.25. The Kier molecular flexibility index (Phi) is 14.2. The summed E-state index contributed by atoms with van der Waals surface area (Å²) in [6.07, 6.45) is -23.8. The number of phenolic OH excluding ortho intramolecular Hbond substituents is 4. The highest BCUT2D eigenvalue weighted by Crippen LogP contribution is 2.40. The Hall–Kier alpha value is -5.64. The molecule has 7 rings (SSSR count). The highest BCUT2D eigenvalue weighted by molar-refractivity contribution is 5.89. The molecule has 23 nitrogen and oxygen atoms in total. The van der Waals surface area contributed by atoms with Crippen LogP contribution < -0.4 is 14.9 Å². The van der Waals surface area contributed by atoms with Crippen LogP contribution in [0.4, 0.5) is 0 Å². The minimum absolute atomic E-state index is 0.0373. The lowest BCUT2D eigenvalue weighted by Crippen LogP contribution is -2.62. The zero-order valence-corrected chi connectivity index (χ0v) is 33.8. The summed E-state index contributed by atoms with van der Waals surface area (Å²) in [7, 11) is 0. The first-order valence-electron chi connectivity index (χ1n) is 19.9. The van der Waals surface area contributed by atoms with Crippen LogP contribution in [0.5, 0.6) is 34.5 Å². The number of carbonyl (C=O) groups excluding carboxylic acids is 1. The fraction of sp³-hybridized carbons (Fsp3) is 0.429. The minimum atomic E-state index is -2.17. The average Bonchev–Trinajstić information content (AvgIpc) is 3.28. The maximum Gasteiger partial charge on any atom is 0.331 e. The number of rotatable bonds is 12. The predicted octanol–water partition coefficient (Wildman–Crippen LogP) is -2.24. The van der Waals surface area contributed by atoms with Gasteiger partial charge in [0.15, 0.2) is 29.7 Å². The molecule has 4 heterocycles. The molecule has 13 N–H and O–H groups in total. The van der Waals surface area contributed by atoms with Gasteiger partial charge in [-0.3, -0.25) is 4.79 Å². The summed E-state index contributed by atoms with van der Waals surface area (Å²) >= 11 is 0. The van der Waals surface area contributed by atoms with Crippen LogP contribution in [0.2, 0.25) is 0 Å². The smallest absolute Gasteiger partial charge is 0.331 e. The summed E-state index contributed by atoms with van der Waals surface area (Å²) < 4.78 is 45.5. The number of aliphatic hydroxyl groups excluding tert-OH is 9. The van der Waals surface area contributed by atoms with Crippen molar-refractivity contribution in [2.75, 3.05) is 13.2 Å². The Labute approximate surface area is 365 Å². The molecule has 23 heteroatoms. The molecule has 0 bridgehead atoms. The third-order valence-corrected chi connectivity index (χ3v) is 10.9. The second-order valence-corrected chi connectivity index (χ2v) is 15.4. The SMILES string of the molecule is C[C@@H]1O[C@H](OC[C@H]2O[C@@H](Oc3c(-c4ccc(O)c(O)c4)oc4cc(O[C@@H]5O[C@H](CO)[C@@H](O)[C@H](O)[C@H]5O)cc(O)c4c3=O)[C@H](O)[C@@H](O)[C@H]2OC(=O)/C=C/c2ccc(O)cc2)[C@H](O)[C@H](O)[C@H]1O. The summed E-state index contributed by atoms with van der Waals surface area (Å²) in [6, 6.07) is 10.8. The highest BCUT2D eigenvalue weighted by atomic mass is 16.7. The Morgan fingerprint density at radius 2 is 1.32 bits per heavy atom. The molecule has 0 amide bonds. The monoisotopic (exact) mass is 918 g/mol. The van der Waals surface area contributed by atoms with E-state index in [1.807, 2.05) is 0 Å². The lowest BCUT2D eigenvalue weighted by Gasteiger charge is -2.43. The number of benzene rings is 3. The van der Waals surface area contributed by atoms with Gasteiger partial charge in [0.1, 0.15) is 89.3 Å². The van der Waals surface area contributed by atoms with Crippen LogP contribution in [0, 0.1) is 0 Å². The van der Waals surface area contributed by atoms with Gasteiger partial charge in [0.2, 0.25) is 23.8 Å². The maximum atomic E-state index is 14.4. The predicted molar refractivity (Wildman–Crippen MR) is 214 cm³/mol. The van der Waals surface area contributed by atoms with Crippen molar-refractivity contribution < 1.29 is 109 Å². The summed E-state index contributed by atoms with van der Waals surface area (Å²) in [5.74, 6) is -4.96. The van der Waals surface area contributed by atoms with Gasteiger partial charge in [0, 0.05) is 23.8 Å². The number of hydrogen-bond acceptors (Lipinski definition) is 23. The Morgan fingerprint density at radius 3 is 2.02 bits per heavy atom. The van der Waals surface area contributed by atoms with Crippen LogP contribution in [-0.2, 0) is 28.5 Å². The van der Waals surface area contributed by atoms with E-state index >= 15 is 0 Å². The molecule has 15 atom stereocenters. The van der Waals surface area contributed by atoms with E-state index in [0.717, 1.165) is 30.3 Å². The van der Waals surface area contributed by atoms with E-state index in [2.05, 4.69) is 0 Å². The molecule has 1 aromatic heterocycles. The molecule has 352 valence electrons. The summed E-state index contributed by atoms with van der Waals surface area (Å²) in [4.78, 5) is 27.5. The van der Waals surface area contributed by atoms with Crippen molar-refractivity contribution >= 4 is 23.0 Å². The Balaban J connectivity index is 1.23. The van der Waals surface area contributed by atoms with E-state index in [1.54, 1.807) is 0 Å². The van der Waals surface area contributed by atoms with Gasteiger partial charge in [-0.1, -0.05) is 12.1 Å². The van der Waals surface area contributed by atoms with Crippen LogP contribution >= 0.6 is 0 Å². The van der Waals surface area contributed by atoms with Crippen molar-refractivity contribution in [3.8, 4) is 45.8 Å². The summed E-state index contributed by atoms with van der Waals surface area (Å²) in [5.41, 5.74) is -1.31. The largest absolute Gasteiger partial charge is 0.508 e. The van der Waals surface area contributed by atoms with Crippen molar-refractivity contribution in [3.63, 3.8) is 0 Å². The number of fused-ring (bicyclic) bond motifs is 1. The van der Waals surface area contributed by atoms with Crippen molar-refractivity contribution in [1.29, 1.82) is 0 Å². The molecule has 3 aliphatic heterocycles. The summed E-state index contributed by atoms with van der Waals surface area (Å²) in [6.45, 7) is -0.145. The van der Waals surface area contributed by atoms with Gasteiger partial charge in [-0.05, 0) is 48.9 Å². The number of hydrogen-bond donors (Lipinski definition) is 13. The number of ether oxygens (including phenoxy) is 7. The Morgan fingerprint density at radius 1 is 0.677 bits per heavy atom. The maximum absolute atomic E-state index is 14.4. The lowest BCUT2D eigenvalue weighted by molar-refractivity contribution is -0.319. The van der Waals surface area contributed by atoms with Crippen LogP contribution in [0.15, 0.2) is 69.9 Å². The number of esters is 1. The van der Waals surface area contributed by atoms with E-state index < -0.39 is 156 Å². The van der Waals surface area contributed by atoms with Crippen LogP contribution in [-0.4, -0.2) is 178 Å². The molecule has 0 radical (unpaired) electrons. The van der Waals surface area contributed by atoms with Crippen LogP contribution in [0.3, 0.4) is 0 Å². The van der Waals surface area contributed by atoms with Gasteiger partial charge in [-0.25, -0.2) is 4.79 Å². The second-order valence-electron chi connectivity index (χ2n) is 15.4. The number of aliphatic hydroxyl groups is 9. The zero-order chi connectivity index (χ0) is 47.0. The third kappa shape index (κ3) is 9.83. The molecule has 0 unspecified atom stereocenters. The van der Waals surface area contributed by atoms with Gasteiger partial charge in [0.25, 0.3) is 0 Å². The number of phenols is 4. The number of carbonyl (C=O) groups is 1. The molecule has 0 saturated carbocycles. The number of aromatic hydroxyl groups is 4. The van der Waals surface area contributed by atoms with E-state index in [1.165, 1.54) is 43.3 Å². The molecular formula is C42H46O23. The van der Waals surface area contributed by atoms with Gasteiger partial charge < -0.3 is 104 Å². The van der Waals surface area contributed by atoms with Crippen molar-refractivity contribution in [2.45, 2.75) is 99.0 Å². The minimum Gasteiger partial charge on any atom is -0.508 e. The molecule has 65 heavy (non-hydrogen) atoms. The van der Waals surface area contributed by atoms with Crippen LogP contribution in [0.25, 0.3) is 28.4 Å². The van der Waals surface area contributed by atoms with Crippen molar-refractivity contribution in [1.82, 2.24) is 0 Å². The zero-order valence-electron chi connectivity index (χ0n) is 33.8. The van der Waals surface area contributed by atoms with Gasteiger partial charge in [0.05, 0.1) is 19.3 Å². The van der Waals surface area contributed by atoms with Gasteiger partial charge in [-0.2, -0.15) is 0 Å². The van der Waals surface area contributed by atoms with E-state index in [4.69, 9.17) is 37.6 Å². The normalized spacial score (nSPS) is 32.9. The topological polar surface area (TPSA) is 375 Å². The average molecular weight is 919 g/mol. The lowest BCUT2D eigenvalue weighted by atomic mass is 9.98. The highest BCUT2D eigenvalue weighted by Gasteiger charge is 2.50. The fourth-order valence-electron chi connectivity index (χ4n) is 7.25. The molecule has 3 saturated heterocycles. The first-order chi connectivity index (χ1) is 30.9. The Bertz CT molecular complexity index is 2400. The molecule has 0 spiro atoms. The quantitative estimate of drug-likeness (QED) is 0.0406. The second kappa shape index (κ2) is 19.4. The molecular weight excluding hydrogens is 872 g/mol. The van der Waals surface area contributed by atoms with E-state index in [-0.39, 0.29) is 17.1 Å². The standard InChI is InChI=1S/C42H46O23/c1-15-28(49)31(52)34(55)40(59-15)58-14-25-38(64-26(48)9-4-16-2-6-18(44)7-3-16)33(54)36(57)42(63-25)65-39-30(51)27-22(47)11-19(60-41-35(56)32(53)29(50)24(13-43)62-41)12-23(27)61-37(39)17-5-8-20(45)21(46)10-17/h2-12,15,24-25,28-29,31-36,38,40-47,49-50,52-57H,13-14H2,1H3/b9-4+/t15-,24+,25+,28-,29+,31+,32-,33+,34+,35+,36+,38-,40-,41+,42-/m0/s1. The van der Waals surface area contributed by atoms with Crippen molar-refractivity contribution in [2.24, 2.45) is 0 Å². The van der Waals surface area contributed by atoms with E-state index in [0.29, 0.717) is 5.56 Å². The molecule has 3 aliphatic rings. The first kappa shape index (κ1) is 47.3. The molecule has 3 aromatic carbocycles. The molecule has 3 fully saturated rings. The third-order valence-electron chi connectivity index (χ3n) is 10.9. The first-order valence-corrected chi connectivity index (χ1v) is 19.9. The molecule has 0 aliphatic carbocycles. The summed E-state index contributed by atoms with van der Waals surface area (Å²) in [5, 5.41) is 135. The molecule has 4 aromatic rings. The van der Waals surface area contributed by atoms with Gasteiger partial charge in [-0.15, -0.1) is 0 Å².